The molecule has 1 N–H and O–H groups in total. The lowest BCUT2D eigenvalue weighted by molar-refractivity contribution is 0.0950. The zero-order valence-corrected chi connectivity index (χ0v) is 9.23. The van der Waals surface area contributed by atoms with Gasteiger partial charge in [-0.3, -0.25) is 0 Å². The van der Waals surface area contributed by atoms with Gasteiger partial charge < -0.3 is 19.5 Å². The highest BCUT2D eigenvalue weighted by molar-refractivity contribution is 5.40. The summed E-state index contributed by atoms with van der Waals surface area (Å²) in [6, 6.07) is 6.24. The topological polar surface area (TPSA) is 43.0 Å². The number of ether oxygens (including phenoxy) is 3. The Morgan fingerprint density at radius 2 is 2.38 bits per heavy atom. The van der Waals surface area contributed by atoms with Crippen LogP contribution in [0, 0.1) is 0 Å². The second kappa shape index (κ2) is 4.05. The Morgan fingerprint density at radius 3 is 3.19 bits per heavy atom. The molecule has 0 radical (unpaired) electrons. The van der Waals surface area contributed by atoms with Gasteiger partial charge in [0.15, 0.2) is 6.29 Å². The van der Waals surface area contributed by atoms with Crippen molar-refractivity contribution in [3.63, 3.8) is 0 Å². The van der Waals surface area contributed by atoms with Crippen LogP contribution in [-0.4, -0.2) is 26.6 Å². The van der Waals surface area contributed by atoms with Crippen molar-refractivity contribution >= 4 is 0 Å². The zero-order chi connectivity index (χ0) is 11.0. The van der Waals surface area contributed by atoms with Crippen molar-refractivity contribution in [2.45, 2.75) is 18.9 Å². The Morgan fingerprint density at radius 1 is 1.44 bits per heavy atom. The Kier molecular flexibility index (Phi) is 2.55. The fourth-order valence-corrected chi connectivity index (χ4v) is 2.00. The molecule has 1 aromatic carbocycles. The van der Waals surface area contributed by atoms with Crippen molar-refractivity contribution in [1.82, 2.24) is 5.32 Å². The molecule has 2 aliphatic heterocycles. The molecule has 16 heavy (non-hydrogen) atoms. The van der Waals surface area contributed by atoms with Crippen LogP contribution < -0.4 is 10.1 Å². The van der Waals surface area contributed by atoms with Crippen LogP contribution in [0.3, 0.4) is 0 Å². The van der Waals surface area contributed by atoms with E-state index in [1.54, 1.807) is 7.11 Å². The van der Waals surface area contributed by atoms with Crippen LogP contribution in [0.15, 0.2) is 18.2 Å². The Hall–Kier alpha value is -1.10. The van der Waals surface area contributed by atoms with Gasteiger partial charge in [0.1, 0.15) is 18.5 Å². The molecule has 1 saturated heterocycles. The van der Waals surface area contributed by atoms with E-state index in [-0.39, 0.29) is 12.4 Å². The van der Waals surface area contributed by atoms with E-state index in [9.17, 15) is 0 Å². The first-order chi connectivity index (χ1) is 7.88. The third-order valence-electron chi connectivity index (χ3n) is 2.96. The first-order valence-corrected chi connectivity index (χ1v) is 5.53. The van der Waals surface area contributed by atoms with Gasteiger partial charge in [0.2, 0.25) is 0 Å². The summed E-state index contributed by atoms with van der Waals surface area (Å²) in [6.07, 6.45) is -0.00272. The summed E-state index contributed by atoms with van der Waals surface area (Å²) in [5, 5.41) is 3.31. The van der Waals surface area contributed by atoms with Gasteiger partial charge in [-0.05, 0) is 11.6 Å². The van der Waals surface area contributed by atoms with Gasteiger partial charge in [0.25, 0.3) is 0 Å². The number of hydrogen-bond acceptors (Lipinski definition) is 4. The number of rotatable bonds is 2. The minimum Gasteiger partial charge on any atom is -0.492 e. The lowest BCUT2D eigenvalue weighted by atomic mass is 10.1. The highest BCUT2D eigenvalue weighted by Gasteiger charge is 2.40. The Bertz CT molecular complexity index is 394. The van der Waals surface area contributed by atoms with Crippen molar-refractivity contribution in [2.24, 2.45) is 0 Å². The number of nitrogens with one attached hydrogen (secondary N) is 1. The summed E-state index contributed by atoms with van der Waals surface area (Å²) in [7, 11) is 1.66. The maximum atomic E-state index is 5.68. The molecule has 86 valence electrons. The molecular weight excluding hydrogens is 206 g/mol. The summed E-state index contributed by atoms with van der Waals surface area (Å²) in [4.78, 5) is 0. The van der Waals surface area contributed by atoms with Crippen LogP contribution >= 0.6 is 0 Å². The summed E-state index contributed by atoms with van der Waals surface area (Å²) in [5.41, 5.74) is 2.34. The number of epoxide rings is 1. The first kappa shape index (κ1) is 10.1. The van der Waals surface area contributed by atoms with Gasteiger partial charge in [-0.25, -0.2) is 0 Å². The maximum absolute atomic E-state index is 5.68. The molecule has 0 aliphatic carbocycles. The van der Waals surface area contributed by atoms with Crippen molar-refractivity contribution in [1.29, 1.82) is 0 Å². The average molecular weight is 221 g/mol. The molecule has 0 amide bonds. The zero-order valence-electron chi connectivity index (χ0n) is 9.23. The predicted octanol–water partition coefficient (Wildman–Crippen LogP) is 1.21. The Balaban J connectivity index is 1.84. The first-order valence-electron chi connectivity index (χ1n) is 5.53. The monoisotopic (exact) mass is 221 g/mol. The van der Waals surface area contributed by atoms with Gasteiger partial charge in [0, 0.05) is 25.8 Å². The maximum Gasteiger partial charge on any atom is 0.188 e. The smallest absolute Gasteiger partial charge is 0.188 e. The molecule has 4 nitrogen and oxygen atoms in total. The van der Waals surface area contributed by atoms with Crippen LogP contribution in [-0.2, 0) is 16.0 Å². The number of hydrogen-bond donors (Lipinski definition) is 1. The molecule has 0 bridgehead atoms. The molecule has 0 spiro atoms. The Labute approximate surface area is 94.5 Å². The number of fused-ring (bicyclic) bond motifs is 1. The highest BCUT2D eigenvalue weighted by Crippen LogP contribution is 2.40. The van der Waals surface area contributed by atoms with E-state index in [1.165, 1.54) is 5.56 Å². The average Bonchev–Trinajstić information content (AvgIpc) is 3.11. The van der Waals surface area contributed by atoms with Crippen LogP contribution in [0.25, 0.3) is 0 Å². The fourth-order valence-electron chi connectivity index (χ4n) is 2.00. The summed E-state index contributed by atoms with van der Waals surface area (Å²) >= 11 is 0. The second-order valence-electron chi connectivity index (χ2n) is 4.05. The van der Waals surface area contributed by atoms with Gasteiger partial charge in [-0.1, -0.05) is 12.1 Å². The van der Waals surface area contributed by atoms with Crippen LogP contribution in [0.1, 0.15) is 17.2 Å². The third-order valence-corrected chi connectivity index (χ3v) is 2.96. The van der Waals surface area contributed by atoms with Crippen molar-refractivity contribution < 1.29 is 14.2 Å². The molecule has 3 rings (SSSR count). The van der Waals surface area contributed by atoms with E-state index in [0.717, 1.165) is 31.0 Å². The quantitative estimate of drug-likeness (QED) is 0.762. The standard InChI is InChI=1S/C12H15NO3/c1-14-12-11(16-12)8-2-3-9-7-13-4-5-15-10(9)6-8/h2-3,6,11-13H,4-5,7H2,1H3. The van der Waals surface area contributed by atoms with E-state index < -0.39 is 0 Å². The molecule has 4 heteroatoms. The molecule has 2 aliphatic rings. The SMILES string of the molecule is COC1OC1c1ccc2c(c1)OCCNC2. The van der Waals surface area contributed by atoms with Gasteiger partial charge in [-0.2, -0.15) is 0 Å². The van der Waals surface area contributed by atoms with Crippen LogP contribution in [0.4, 0.5) is 0 Å². The molecule has 2 heterocycles. The fraction of sp³-hybridized carbons (Fsp3) is 0.500. The molecule has 0 aromatic heterocycles. The summed E-state index contributed by atoms with van der Waals surface area (Å²) < 4.78 is 16.2. The largest absolute Gasteiger partial charge is 0.492 e. The molecule has 1 fully saturated rings. The molecule has 1 aromatic rings. The second-order valence-corrected chi connectivity index (χ2v) is 4.05. The normalized spacial score (nSPS) is 27.8. The summed E-state index contributed by atoms with van der Waals surface area (Å²) in [6.45, 7) is 2.48. The number of methoxy groups -OCH3 is 1. The van der Waals surface area contributed by atoms with E-state index in [2.05, 4.69) is 23.5 Å². The van der Waals surface area contributed by atoms with Crippen LogP contribution in [0.5, 0.6) is 5.75 Å². The van der Waals surface area contributed by atoms with Crippen molar-refractivity contribution in [2.75, 3.05) is 20.3 Å². The number of benzene rings is 1. The van der Waals surface area contributed by atoms with Gasteiger partial charge >= 0.3 is 0 Å². The van der Waals surface area contributed by atoms with Crippen LogP contribution in [0.2, 0.25) is 0 Å². The van der Waals surface area contributed by atoms with E-state index in [4.69, 9.17) is 14.2 Å². The van der Waals surface area contributed by atoms with E-state index >= 15 is 0 Å². The molecular formula is C12H15NO3. The van der Waals surface area contributed by atoms with Crippen molar-refractivity contribution in [3.05, 3.63) is 29.3 Å². The lowest BCUT2D eigenvalue weighted by Gasteiger charge is -2.07. The lowest BCUT2D eigenvalue weighted by Crippen LogP contribution is -2.16. The van der Waals surface area contributed by atoms with Crippen molar-refractivity contribution in [3.8, 4) is 5.75 Å². The minimum atomic E-state index is -0.0815. The van der Waals surface area contributed by atoms with Gasteiger partial charge in [0.05, 0.1) is 0 Å². The summed E-state index contributed by atoms with van der Waals surface area (Å²) in [5.74, 6) is 0.966. The molecule has 2 atom stereocenters. The molecule has 2 unspecified atom stereocenters. The minimum absolute atomic E-state index is 0.0788. The van der Waals surface area contributed by atoms with Gasteiger partial charge in [-0.15, -0.1) is 0 Å². The van der Waals surface area contributed by atoms with E-state index in [0.29, 0.717) is 0 Å². The highest BCUT2D eigenvalue weighted by atomic mass is 16.8. The predicted molar refractivity (Wildman–Crippen MR) is 58.3 cm³/mol. The molecule has 0 saturated carbocycles. The third kappa shape index (κ3) is 1.80. The van der Waals surface area contributed by atoms with E-state index in [1.807, 2.05) is 0 Å².